The van der Waals surface area contributed by atoms with Crippen LogP contribution in [0.3, 0.4) is 0 Å². The van der Waals surface area contributed by atoms with Gasteiger partial charge in [-0.1, -0.05) is 29.8 Å². The SMILES string of the molecule is O=C(Cc1ccccc1Cl)NCCC1CCNC1. The lowest BCUT2D eigenvalue weighted by Crippen LogP contribution is -2.27. The van der Waals surface area contributed by atoms with Crippen LogP contribution in [0.2, 0.25) is 5.02 Å². The highest BCUT2D eigenvalue weighted by molar-refractivity contribution is 6.31. The van der Waals surface area contributed by atoms with Crippen molar-refractivity contribution in [3.63, 3.8) is 0 Å². The van der Waals surface area contributed by atoms with Gasteiger partial charge in [0.15, 0.2) is 0 Å². The smallest absolute Gasteiger partial charge is 0.224 e. The number of benzene rings is 1. The Bertz CT molecular complexity index is 403. The number of rotatable bonds is 5. The van der Waals surface area contributed by atoms with Crippen LogP contribution >= 0.6 is 11.6 Å². The van der Waals surface area contributed by atoms with Crippen molar-refractivity contribution in [2.75, 3.05) is 19.6 Å². The molecule has 2 N–H and O–H groups in total. The molecule has 18 heavy (non-hydrogen) atoms. The molecule has 0 aliphatic carbocycles. The van der Waals surface area contributed by atoms with Crippen LogP contribution in [0, 0.1) is 5.92 Å². The molecule has 1 fully saturated rings. The van der Waals surface area contributed by atoms with Gasteiger partial charge in [-0.05, 0) is 43.5 Å². The van der Waals surface area contributed by atoms with Crippen molar-refractivity contribution >= 4 is 17.5 Å². The Kier molecular flexibility index (Phi) is 5.02. The second kappa shape index (κ2) is 6.76. The first-order chi connectivity index (χ1) is 8.75. The van der Waals surface area contributed by atoms with Crippen LogP contribution in [0.25, 0.3) is 0 Å². The molecule has 1 heterocycles. The molecule has 4 heteroatoms. The van der Waals surface area contributed by atoms with Crippen molar-refractivity contribution in [1.29, 1.82) is 0 Å². The van der Waals surface area contributed by atoms with Crippen molar-refractivity contribution in [2.45, 2.75) is 19.3 Å². The van der Waals surface area contributed by atoms with Crippen LogP contribution in [-0.4, -0.2) is 25.5 Å². The van der Waals surface area contributed by atoms with E-state index in [0.717, 1.165) is 31.6 Å². The van der Waals surface area contributed by atoms with Crippen molar-refractivity contribution in [3.05, 3.63) is 34.9 Å². The van der Waals surface area contributed by atoms with E-state index >= 15 is 0 Å². The summed E-state index contributed by atoms with van der Waals surface area (Å²) in [6, 6.07) is 7.48. The van der Waals surface area contributed by atoms with Gasteiger partial charge >= 0.3 is 0 Å². The summed E-state index contributed by atoms with van der Waals surface area (Å²) in [5.74, 6) is 0.764. The maximum atomic E-state index is 11.8. The van der Waals surface area contributed by atoms with E-state index in [9.17, 15) is 4.79 Å². The molecular weight excluding hydrogens is 248 g/mol. The normalized spacial score (nSPS) is 18.8. The standard InChI is InChI=1S/C14H19ClN2O/c15-13-4-2-1-3-12(13)9-14(18)17-8-6-11-5-7-16-10-11/h1-4,11,16H,5-10H2,(H,17,18). The van der Waals surface area contributed by atoms with Crippen LogP contribution in [0.4, 0.5) is 0 Å². The number of carbonyl (C=O) groups is 1. The van der Waals surface area contributed by atoms with E-state index < -0.39 is 0 Å². The summed E-state index contributed by atoms with van der Waals surface area (Å²) in [5.41, 5.74) is 0.888. The average Bonchev–Trinajstić information content (AvgIpc) is 2.85. The zero-order valence-electron chi connectivity index (χ0n) is 10.4. The second-order valence-electron chi connectivity index (χ2n) is 4.77. The maximum Gasteiger partial charge on any atom is 0.224 e. The van der Waals surface area contributed by atoms with Gasteiger partial charge < -0.3 is 10.6 Å². The van der Waals surface area contributed by atoms with Crippen LogP contribution in [-0.2, 0) is 11.2 Å². The number of nitrogens with one attached hydrogen (secondary N) is 2. The van der Waals surface area contributed by atoms with Gasteiger partial charge in [0.1, 0.15) is 0 Å². The molecule has 0 bridgehead atoms. The Balaban J connectivity index is 1.70. The Hall–Kier alpha value is -1.06. The molecule has 3 nitrogen and oxygen atoms in total. The summed E-state index contributed by atoms with van der Waals surface area (Å²) >= 11 is 6.02. The van der Waals surface area contributed by atoms with Gasteiger partial charge in [0.25, 0.3) is 0 Å². The van der Waals surface area contributed by atoms with E-state index in [1.54, 1.807) is 0 Å². The maximum absolute atomic E-state index is 11.8. The summed E-state index contributed by atoms with van der Waals surface area (Å²) in [7, 11) is 0. The molecule has 98 valence electrons. The zero-order valence-corrected chi connectivity index (χ0v) is 11.2. The first kappa shape index (κ1) is 13.4. The number of carbonyl (C=O) groups excluding carboxylic acids is 1. The summed E-state index contributed by atoms with van der Waals surface area (Å²) in [6.45, 7) is 2.95. The zero-order chi connectivity index (χ0) is 12.8. The average molecular weight is 267 g/mol. The molecular formula is C14H19ClN2O. The molecule has 0 radical (unpaired) electrons. The van der Waals surface area contributed by atoms with Crippen molar-refractivity contribution in [3.8, 4) is 0 Å². The van der Waals surface area contributed by atoms with Gasteiger partial charge in [-0.15, -0.1) is 0 Å². The lowest BCUT2D eigenvalue weighted by atomic mass is 10.1. The van der Waals surface area contributed by atoms with Gasteiger partial charge in [0.2, 0.25) is 5.91 Å². The number of amides is 1. The number of hydrogen-bond acceptors (Lipinski definition) is 2. The predicted molar refractivity (Wildman–Crippen MR) is 73.8 cm³/mol. The Morgan fingerprint density at radius 3 is 3.00 bits per heavy atom. The summed E-state index contributed by atoms with van der Waals surface area (Å²) < 4.78 is 0. The molecule has 1 saturated heterocycles. The largest absolute Gasteiger partial charge is 0.356 e. The lowest BCUT2D eigenvalue weighted by molar-refractivity contribution is -0.120. The molecule has 0 spiro atoms. The minimum Gasteiger partial charge on any atom is -0.356 e. The quantitative estimate of drug-likeness (QED) is 0.856. The van der Waals surface area contributed by atoms with Crippen LogP contribution in [0.15, 0.2) is 24.3 Å². The Morgan fingerprint density at radius 1 is 1.44 bits per heavy atom. The highest BCUT2D eigenvalue weighted by Crippen LogP contribution is 2.15. The molecule has 2 rings (SSSR count). The van der Waals surface area contributed by atoms with Gasteiger partial charge in [-0.3, -0.25) is 4.79 Å². The molecule has 1 aliphatic heterocycles. The van der Waals surface area contributed by atoms with Crippen molar-refractivity contribution in [1.82, 2.24) is 10.6 Å². The highest BCUT2D eigenvalue weighted by Gasteiger charge is 2.14. The van der Waals surface area contributed by atoms with E-state index in [4.69, 9.17) is 11.6 Å². The Labute approximate surface area is 113 Å². The third-order valence-corrected chi connectivity index (χ3v) is 3.71. The fraction of sp³-hybridized carbons (Fsp3) is 0.500. The Morgan fingerprint density at radius 2 is 2.28 bits per heavy atom. The fourth-order valence-corrected chi connectivity index (χ4v) is 2.46. The summed E-state index contributed by atoms with van der Waals surface area (Å²) in [4.78, 5) is 11.8. The monoisotopic (exact) mass is 266 g/mol. The second-order valence-corrected chi connectivity index (χ2v) is 5.17. The molecule has 1 aromatic carbocycles. The van der Waals surface area contributed by atoms with Crippen molar-refractivity contribution < 1.29 is 4.79 Å². The first-order valence-corrected chi connectivity index (χ1v) is 6.84. The molecule has 1 amide bonds. The summed E-state index contributed by atoms with van der Waals surface area (Å²) in [5, 5.41) is 6.95. The molecule has 1 atom stereocenters. The minimum atomic E-state index is 0.0501. The van der Waals surface area contributed by atoms with E-state index in [0.29, 0.717) is 17.4 Å². The highest BCUT2D eigenvalue weighted by atomic mass is 35.5. The number of hydrogen-bond donors (Lipinski definition) is 2. The number of halogens is 1. The topological polar surface area (TPSA) is 41.1 Å². The van der Waals surface area contributed by atoms with Crippen LogP contribution < -0.4 is 10.6 Å². The van der Waals surface area contributed by atoms with Gasteiger partial charge in [-0.25, -0.2) is 0 Å². The van der Waals surface area contributed by atoms with Gasteiger partial charge in [0.05, 0.1) is 6.42 Å². The molecule has 1 unspecified atom stereocenters. The lowest BCUT2D eigenvalue weighted by Gasteiger charge is -2.09. The van der Waals surface area contributed by atoms with Gasteiger partial charge in [-0.2, -0.15) is 0 Å². The van der Waals surface area contributed by atoms with E-state index in [1.807, 2.05) is 24.3 Å². The minimum absolute atomic E-state index is 0.0501. The van der Waals surface area contributed by atoms with Gasteiger partial charge in [0, 0.05) is 11.6 Å². The molecule has 0 aromatic heterocycles. The molecule has 1 aromatic rings. The molecule has 0 saturated carbocycles. The van der Waals surface area contributed by atoms with Crippen LogP contribution in [0.5, 0.6) is 0 Å². The first-order valence-electron chi connectivity index (χ1n) is 6.46. The third kappa shape index (κ3) is 4.00. The van der Waals surface area contributed by atoms with Crippen molar-refractivity contribution in [2.24, 2.45) is 5.92 Å². The van der Waals surface area contributed by atoms with E-state index in [-0.39, 0.29) is 5.91 Å². The predicted octanol–water partition coefficient (Wildman–Crippen LogP) is 2.00. The summed E-state index contributed by atoms with van der Waals surface area (Å²) in [6.07, 6.45) is 2.64. The van der Waals surface area contributed by atoms with Crippen LogP contribution in [0.1, 0.15) is 18.4 Å². The van der Waals surface area contributed by atoms with E-state index in [1.165, 1.54) is 6.42 Å². The fourth-order valence-electron chi connectivity index (χ4n) is 2.25. The third-order valence-electron chi connectivity index (χ3n) is 3.35. The molecule has 1 aliphatic rings. The van der Waals surface area contributed by atoms with E-state index in [2.05, 4.69) is 10.6 Å².